The molecule has 1 saturated heterocycles. The van der Waals surface area contributed by atoms with E-state index in [0.29, 0.717) is 54.0 Å². The van der Waals surface area contributed by atoms with Crippen molar-refractivity contribution in [2.75, 3.05) is 36.9 Å². The van der Waals surface area contributed by atoms with Gasteiger partial charge < -0.3 is 19.7 Å². The number of carbonyl (C=O) groups excluding carboxylic acids is 2. The predicted octanol–water partition coefficient (Wildman–Crippen LogP) is 3.33. The van der Waals surface area contributed by atoms with Gasteiger partial charge in [-0.15, -0.1) is 0 Å². The first kappa shape index (κ1) is 20.9. The number of aromatic nitrogens is 2. The Labute approximate surface area is 188 Å². The van der Waals surface area contributed by atoms with E-state index in [1.54, 1.807) is 23.2 Å². The zero-order valence-electron chi connectivity index (χ0n) is 18.1. The maximum Gasteiger partial charge on any atom is 0.413 e. The number of halogens is 1. The summed E-state index contributed by atoms with van der Waals surface area (Å²) in [6, 6.07) is 4.78. The number of rotatable bonds is 3. The van der Waals surface area contributed by atoms with Gasteiger partial charge in [0.2, 0.25) is 11.8 Å². The van der Waals surface area contributed by atoms with Gasteiger partial charge in [-0.3, -0.25) is 10.1 Å². The number of hydrogen-bond acceptors (Lipinski definition) is 7. The average Bonchev–Trinajstić information content (AvgIpc) is 2.76. The highest BCUT2D eigenvalue weighted by atomic mass is 19.1. The second-order valence-electron chi connectivity index (χ2n) is 8.08. The molecule has 4 heterocycles. The highest BCUT2D eigenvalue weighted by Gasteiger charge is 2.31. The molecule has 33 heavy (non-hydrogen) atoms. The van der Waals surface area contributed by atoms with Gasteiger partial charge in [-0.05, 0) is 36.1 Å². The first-order chi connectivity index (χ1) is 15.9. The number of benzene rings is 1. The molecule has 0 unspecified atom stereocenters. The molecule has 0 aliphatic carbocycles. The average molecular weight is 451 g/mol. The highest BCUT2D eigenvalue weighted by Crippen LogP contribution is 2.37. The van der Waals surface area contributed by atoms with Crippen LogP contribution in [-0.4, -0.2) is 59.2 Å². The second kappa shape index (κ2) is 8.19. The monoisotopic (exact) mass is 451 g/mol. The molecule has 2 aromatic heterocycles. The molecule has 0 saturated carbocycles. The summed E-state index contributed by atoms with van der Waals surface area (Å²) < 4.78 is 25.8. The largest absolute Gasteiger partial charge is 0.474 e. The third-order valence-corrected chi connectivity index (χ3v) is 5.84. The van der Waals surface area contributed by atoms with Crippen LogP contribution in [0.25, 0.3) is 21.9 Å². The van der Waals surface area contributed by atoms with Crippen LogP contribution in [0.15, 0.2) is 30.6 Å². The number of amides is 2. The van der Waals surface area contributed by atoms with E-state index in [4.69, 9.17) is 9.47 Å². The number of nitrogens with one attached hydrogen (secondary N) is 2. The van der Waals surface area contributed by atoms with Gasteiger partial charge in [-0.2, -0.15) is 0 Å². The summed E-state index contributed by atoms with van der Waals surface area (Å²) in [6.45, 7) is 5.31. The topological polar surface area (TPSA) is 106 Å². The van der Waals surface area contributed by atoms with Crippen molar-refractivity contribution in [2.45, 2.75) is 20.0 Å². The molecule has 0 atom stereocenters. The lowest BCUT2D eigenvalue weighted by atomic mass is 9.98. The van der Waals surface area contributed by atoms with Crippen molar-refractivity contribution >= 4 is 34.3 Å². The van der Waals surface area contributed by atoms with Crippen LogP contribution in [0.1, 0.15) is 12.5 Å². The van der Waals surface area contributed by atoms with Crippen molar-refractivity contribution in [3.63, 3.8) is 0 Å². The molecule has 2 aliphatic rings. The molecule has 170 valence electrons. The van der Waals surface area contributed by atoms with Crippen molar-refractivity contribution in [3.05, 3.63) is 42.0 Å². The summed E-state index contributed by atoms with van der Waals surface area (Å²) in [6.07, 6.45) is 2.10. The van der Waals surface area contributed by atoms with Gasteiger partial charge in [-0.1, -0.05) is 0 Å². The first-order valence-corrected chi connectivity index (χ1v) is 10.6. The van der Waals surface area contributed by atoms with Crippen molar-refractivity contribution in [2.24, 2.45) is 0 Å². The molecule has 5 rings (SSSR count). The molecule has 1 aromatic carbocycles. The Hall–Kier alpha value is -3.95. The van der Waals surface area contributed by atoms with Gasteiger partial charge >= 0.3 is 6.09 Å². The van der Waals surface area contributed by atoms with Gasteiger partial charge in [0.05, 0.1) is 13.1 Å². The normalized spacial score (nSPS) is 15.2. The highest BCUT2D eigenvalue weighted by molar-refractivity contribution is 5.92. The Balaban J connectivity index is 1.38. The summed E-state index contributed by atoms with van der Waals surface area (Å²) >= 11 is 0. The minimum Gasteiger partial charge on any atom is -0.474 e. The van der Waals surface area contributed by atoms with Crippen molar-refractivity contribution in [3.8, 4) is 17.0 Å². The third-order valence-electron chi connectivity index (χ3n) is 5.84. The van der Waals surface area contributed by atoms with E-state index in [1.165, 1.54) is 19.2 Å². The summed E-state index contributed by atoms with van der Waals surface area (Å²) in [4.78, 5) is 33.5. The van der Waals surface area contributed by atoms with E-state index in [1.807, 2.05) is 6.92 Å². The molecular weight excluding hydrogens is 429 g/mol. The second-order valence-corrected chi connectivity index (χ2v) is 8.08. The molecule has 0 bridgehead atoms. The molecule has 1 fully saturated rings. The van der Waals surface area contributed by atoms with Gasteiger partial charge in [0, 0.05) is 42.4 Å². The van der Waals surface area contributed by atoms with E-state index in [0.717, 1.165) is 11.3 Å². The van der Waals surface area contributed by atoms with Gasteiger partial charge in [0.25, 0.3) is 0 Å². The zero-order chi connectivity index (χ0) is 23.1. The number of nitrogens with zero attached hydrogens (tertiary/aromatic N) is 3. The number of ether oxygens (including phenoxy) is 2. The van der Waals surface area contributed by atoms with Gasteiger partial charge in [0.1, 0.15) is 30.0 Å². The fourth-order valence-corrected chi connectivity index (χ4v) is 3.99. The summed E-state index contributed by atoms with van der Waals surface area (Å²) in [5, 5.41) is 7.15. The fourth-order valence-electron chi connectivity index (χ4n) is 3.99. The molecule has 2 aliphatic heterocycles. The third kappa shape index (κ3) is 3.99. The lowest BCUT2D eigenvalue weighted by Gasteiger charge is -2.37. The van der Waals surface area contributed by atoms with Crippen molar-refractivity contribution in [1.29, 1.82) is 0 Å². The van der Waals surface area contributed by atoms with Gasteiger partial charge in [-0.25, -0.2) is 19.2 Å². The Kier molecular flexibility index (Phi) is 5.20. The number of anilines is 2. The van der Waals surface area contributed by atoms with Crippen LogP contribution in [-0.2, 0) is 9.53 Å². The van der Waals surface area contributed by atoms with Gasteiger partial charge in [0.15, 0.2) is 0 Å². The zero-order valence-corrected chi connectivity index (χ0v) is 18.1. The molecule has 2 N–H and O–H groups in total. The van der Waals surface area contributed by atoms with Crippen LogP contribution in [0.2, 0.25) is 0 Å². The van der Waals surface area contributed by atoms with Crippen LogP contribution < -0.4 is 15.4 Å². The minimum absolute atomic E-state index is 0.0536. The van der Waals surface area contributed by atoms with E-state index in [-0.39, 0.29) is 17.8 Å². The van der Waals surface area contributed by atoms with Crippen molar-refractivity contribution in [1.82, 2.24) is 14.9 Å². The maximum atomic E-state index is 15.0. The molecule has 0 radical (unpaired) electrons. The predicted molar refractivity (Wildman–Crippen MR) is 120 cm³/mol. The summed E-state index contributed by atoms with van der Waals surface area (Å²) in [5.41, 5.74) is 2.64. The van der Waals surface area contributed by atoms with Crippen LogP contribution in [0.3, 0.4) is 0 Å². The molecule has 0 spiro atoms. The number of fused-ring (bicyclic) bond motifs is 2. The number of pyridine rings is 2. The van der Waals surface area contributed by atoms with E-state index < -0.39 is 11.9 Å². The van der Waals surface area contributed by atoms with E-state index >= 15 is 0 Å². The lowest BCUT2D eigenvalue weighted by Crippen LogP contribution is -2.54. The Morgan fingerprint density at radius 3 is 2.79 bits per heavy atom. The van der Waals surface area contributed by atoms with Crippen LogP contribution in [0, 0.1) is 12.7 Å². The summed E-state index contributed by atoms with van der Waals surface area (Å²) in [5.74, 6) is 0.340. The first-order valence-electron chi connectivity index (χ1n) is 10.6. The maximum absolute atomic E-state index is 15.0. The molecule has 9 nitrogen and oxygen atoms in total. The quantitative estimate of drug-likeness (QED) is 0.629. The van der Waals surface area contributed by atoms with Crippen molar-refractivity contribution < 1.29 is 23.5 Å². The number of carbonyl (C=O) groups is 2. The standard InChI is InChI=1S/C23H22FN5O4/c1-12-18(9-27-22-21(12)25-3-4-32-22)17-5-14-7-20(26-8-15(14)6-19(17)24)28-23(31)33-16-10-29(11-16)13(2)30/h5-9,16,25H,3-4,10-11H2,1-2H3,(H,26,28,31). The Morgan fingerprint density at radius 1 is 1.18 bits per heavy atom. The fraction of sp³-hybridized carbons (Fsp3) is 0.304. The summed E-state index contributed by atoms with van der Waals surface area (Å²) in [7, 11) is 0. The van der Waals surface area contributed by atoms with Crippen LogP contribution >= 0.6 is 0 Å². The van der Waals surface area contributed by atoms with E-state index in [2.05, 4.69) is 20.6 Å². The molecule has 2 amide bonds. The number of likely N-dealkylation sites (tertiary alicyclic amines) is 1. The molecule has 10 heteroatoms. The Morgan fingerprint density at radius 2 is 2.00 bits per heavy atom. The van der Waals surface area contributed by atoms with Crippen LogP contribution in [0.4, 0.5) is 20.7 Å². The van der Waals surface area contributed by atoms with Crippen LogP contribution in [0.5, 0.6) is 5.88 Å². The van der Waals surface area contributed by atoms with E-state index in [9.17, 15) is 14.0 Å². The molecule has 3 aromatic rings. The SMILES string of the molecule is CC(=O)N1CC(OC(=O)Nc2cc3cc(-c4cnc5c(c4C)NCCO5)c(F)cc3cn2)C1. The smallest absolute Gasteiger partial charge is 0.413 e. The number of hydrogen-bond donors (Lipinski definition) is 2. The minimum atomic E-state index is -0.654. The lowest BCUT2D eigenvalue weighted by molar-refractivity contribution is -0.138. The molecular formula is C23H22FN5O4. The Bertz CT molecular complexity index is 1280.